The van der Waals surface area contributed by atoms with Crippen LogP contribution >= 0.6 is 0 Å². The minimum atomic E-state index is -0.793. The Balaban J connectivity index is 2.07. The number of allylic oxidation sites excluding steroid dienone is 1. The number of para-hydroxylation sites is 2. The topological polar surface area (TPSA) is 107 Å². The van der Waals surface area contributed by atoms with E-state index in [2.05, 4.69) is 16.0 Å². The van der Waals surface area contributed by atoms with Crippen LogP contribution in [-0.4, -0.2) is 40.4 Å². The zero-order valence-electron chi connectivity index (χ0n) is 18.0. The zero-order valence-corrected chi connectivity index (χ0v) is 18.0. The first-order valence-corrected chi connectivity index (χ1v) is 9.46. The fourth-order valence-corrected chi connectivity index (χ4v) is 3.44. The van der Waals surface area contributed by atoms with Gasteiger partial charge in [-0.1, -0.05) is 12.1 Å². The number of rotatable bonds is 7. The SMILES string of the molecule is COc1ccccc1NC(=O)C1=C(C)NC(=O)NC1c1cc(OC)c(OC)cc1OC. The molecule has 0 spiro atoms. The number of hydrogen-bond acceptors (Lipinski definition) is 6. The molecule has 9 nitrogen and oxygen atoms in total. The molecule has 0 fully saturated rings. The van der Waals surface area contributed by atoms with E-state index in [0.29, 0.717) is 45.5 Å². The second-order valence-electron chi connectivity index (χ2n) is 6.67. The summed E-state index contributed by atoms with van der Waals surface area (Å²) in [5, 5.41) is 8.30. The van der Waals surface area contributed by atoms with Crippen molar-refractivity contribution in [3.8, 4) is 23.0 Å². The summed E-state index contributed by atoms with van der Waals surface area (Å²) in [6, 6.07) is 9.16. The van der Waals surface area contributed by atoms with Crippen LogP contribution in [0.5, 0.6) is 23.0 Å². The molecule has 0 saturated carbocycles. The maximum Gasteiger partial charge on any atom is 0.319 e. The first-order chi connectivity index (χ1) is 14.9. The van der Waals surface area contributed by atoms with Crippen molar-refractivity contribution in [2.45, 2.75) is 13.0 Å². The van der Waals surface area contributed by atoms with Gasteiger partial charge in [0, 0.05) is 17.3 Å². The minimum absolute atomic E-state index is 0.316. The second-order valence-corrected chi connectivity index (χ2v) is 6.67. The molecule has 1 heterocycles. The van der Waals surface area contributed by atoms with Gasteiger partial charge in [0.1, 0.15) is 11.5 Å². The van der Waals surface area contributed by atoms with Crippen molar-refractivity contribution in [3.63, 3.8) is 0 Å². The maximum atomic E-state index is 13.3. The van der Waals surface area contributed by atoms with Crippen LogP contribution in [0.3, 0.4) is 0 Å². The predicted octanol–water partition coefficient (Wildman–Crippen LogP) is 2.99. The normalized spacial score (nSPS) is 15.5. The number of hydrogen-bond donors (Lipinski definition) is 3. The highest BCUT2D eigenvalue weighted by Gasteiger charge is 2.34. The molecule has 0 aromatic heterocycles. The monoisotopic (exact) mass is 427 g/mol. The Bertz CT molecular complexity index is 1030. The second kappa shape index (κ2) is 9.29. The average molecular weight is 427 g/mol. The van der Waals surface area contributed by atoms with Gasteiger partial charge in [0.25, 0.3) is 5.91 Å². The maximum absolute atomic E-state index is 13.3. The third-order valence-corrected chi connectivity index (χ3v) is 4.92. The van der Waals surface area contributed by atoms with Crippen molar-refractivity contribution in [3.05, 3.63) is 53.2 Å². The number of urea groups is 1. The van der Waals surface area contributed by atoms with Crippen LogP contribution in [0.4, 0.5) is 10.5 Å². The summed E-state index contributed by atoms with van der Waals surface area (Å²) >= 11 is 0. The zero-order chi connectivity index (χ0) is 22.5. The molecule has 2 aromatic carbocycles. The summed E-state index contributed by atoms with van der Waals surface area (Å²) in [4.78, 5) is 25.6. The Morgan fingerprint density at radius 1 is 0.903 bits per heavy atom. The molecule has 0 radical (unpaired) electrons. The number of carbonyl (C=O) groups excluding carboxylic acids is 2. The van der Waals surface area contributed by atoms with E-state index in [1.165, 1.54) is 28.4 Å². The van der Waals surface area contributed by atoms with Crippen molar-refractivity contribution in [2.24, 2.45) is 0 Å². The van der Waals surface area contributed by atoms with Gasteiger partial charge in [0.15, 0.2) is 11.5 Å². The number of benzene rings is 2. The highest BCUT2D eigenvalue weighted by Crippen LogP contribution is 2.41. The first kappa shape index (κ1) is 21.8. The quantitative estimate of drug-likeness (QED) is 0.627. The van der Waals surface area contributed by atoms with E-state index in [4.69, 9.17) is 18.9 Å². The molecule has 1 unspecified atom stereocenters. The van der Waals surface area contributed by atoms with Gasteiger partial charge in [-0.25, -0.2) is 4.79 Å². The molecular weight excluding hydrogens is 402 g/mol. The lowest BCUT2D eigenvalue weighted by Gasteiger charge is -2.30. The van der Waals surface area contributed by atoms with Crippen molar-refractivity contribution >= 4 is 17.6 Å². The standard InChI is InChI=1S/C22H25N3O6/c1-12-19(21(26)24-14-8-6-7-9-15(14)28-2)20(25-22(27)23-12)13-10-17(30-4)18(31-5)11-16(13)29-3/h6-11,20H,1-5H3,(H,24,26)(H2,23,25,27). The van der Waals surface area contributed by atoms with Crippen LogP contribution in [0.2, 0.25) is 0 Å². The largest absolute Gasteiger partial charge is 0.496 e. The van der Waals surface area contributed by atoms with E-state index < -0.39 is 18.0 Å². The van der Waals surface area contributed by atoms with Crippen LogP contribution < -0.4 is 34.9 Å². The van der Waals surface area contributed by atoms with Crippen molar-refractivity contribution in [2.75, 3.05) is 33.8 Å². The van der Waals surface area contributed by atoms with Crippen LogP contribution in [-0.2, 0) is 4.79 Å². The third kappa shape index (κ3) is 4.35. The van der Waals surface area contributed by atoms with E-state index >= 15 is 0 Å². The van der Waals surface area contributed by atoms with Gasteiger partial charge in [0.05, 0.1) is 45.7 Å². The number of anilines is 1. The Kier molecular flexibility index (Phi) is 6.54. The number of carbonyl (C=O) groups is 2. The fourth-order valence-electron chi connectivity index (χ4n) is 3.44. The smallest absolute Gasteiger partial charge is 0.319 e. The van der Waals surface area contributed by atoms with Crippen LogP contribution in [0.1, 0.15) is 18.5 Å². The molecule has 31 heavy (non-hydrogen) atoms. The Morgan fingerprint density at radius 3 is 2.16 bits per heavy atom. The van der Waals surface area contributed by atoms with Crippen LogP contribution in [0, 0.1) is 0 Å². The van der Waals surface area contributed by atoms with E-state index in [1.807, 2.05) is 0 Å². The van der Waals surface area contributed by atoms with Crippen LogP contribution in [0.15, 0.2) is 47.7 Å². The van der Waals surface area contributed by atoms with Gasteiger partial charge in [-0.05, 0) is 25.1 Å². The Hall–Kier alpha value is -3.88. The molecule has 1 aliphatic rings. The van der Waals surface area contributed by atoms with E-state index in [-0.39, 0.29) is 0 Å². The van der Waals surface area contributed by atoms with E-state index in [1.54, 1.807) is 43.3 Å². The lowest BCUT2D eigenvalue weighted by atomic mass is 9.93. The molecule has 0 aliphatic carbocycles. The van der Waals surface area contributed by atoms with Crippen molar-refractivity contribution < 1.29 is 28.5 Å². The molecule has 3 N–H and O–H groups in total. The van der Waals surface area contributed by atoms with Crippen molar-refractivity contribution in [1.29, 1.82) is 0 Å². The molecule has 1 atom stereocenters. The van der Waals surface area contributed by atoms with Gasteiger partial charge in [-0.15, -0.1) is 0 Å². The average Bonchev–Trinajstić information content (AvgIpc) is 2.77. The first-order valence-electron chi connectivity index (χ1n) is 9.46. The van der Waals surface area contributed by atoms with Gasteiger partial charge in [-0.2, -0.15) is 0 Å². The third-order valence-electron chi connectivity index (χ3n) is 4.92. The highest BCUT2D eigenvalue weighted by atomic mass is 16.5. The van der Waals surface area contributed by atoms with Gasteiger partial charge in [-0.3, -0.25) is 4.79 Å². The van der Waals surface area contributed by atoms with Gasteiger partial charge in [0.2, 0.25) is 0 Å². The Morgan fingerprint density at radius 2 is 1.52 bits per heavy atom. The van der Waals surface area contributed by atoms with E-state index in [0.717, 1.165) is 0 Å². The molecule has 164 valence electrons. The Labute approximate surface area is 180 Å². The number of methoxy groups -OCH3 is 4. The summed E-state index contributed by atoms with van der Waals surface area (Å²) < 4.78 is 21.6. The number of ether oxygens (including phenoxy) is 4. The summed E-state index contributed by atoms with van der Waals surface area (Å²) in [6.07, 6.45) is 0. The molecule has 3 amide bonds. The predicted molar refractivity (Wildman–Crippen MR) is 115 cm³/mol. The van der Waals surface area contributed by atoms with E-state index in [9.17, 15) is 9.59 Å². The van der Waals surface area contributed by atoms with Crippen LogP contribution in [0.25, 0.3) is 0 Å². The highest BCUT2D eigenvalue weighted by molar-refractivity contribution is 6.07. The summed E-state index contributed by atoms with van der Waals surface area (Å²) in [7, 11) is 6.04. The summed E-state index contributed by atoms with van der Waals surface area (Å²) in [5.74, 6) is 1.44. The molecule has 1 aliphatic heterocycles. The summed E-state index contributed by atoms with van der Waals surface area (Å²) in [5.41, 5.74) is 1.78. The lowest BCUT2D eigenvalue weighted by molar-refractivity contribution is -0.113. The fraction of sp³-hybridized carbons (Fsp3) is 0.273. The molecular formula is C22H25N3O6. The molecule has 3 rings (SSSR count). The molecule has 9 heteroatoms. The van der Waals surface area contributed by atoms with Crippen molar-refractivity contribution in [1.82, 2.24) is 10.6 Å². The molecule has 0 saturated heterocycles. The number of nitrogens with one attached hydrogen (secondary N) is 3. The van der Waals surface area contributed by atoms with Gasteiger partial charge < -0.3 is 34.9 Å². The number of amides is 3. The van der Waals surface area contributed by atoms with Gasteiger partial charge >= 0.3 is 6.03 Å². The molecule has 2 aromatic rings. The lowest BCUT2D eigenvalue weighted by Crippen LogP contribution is -2.46. The summed E-state index contributed by atoms with van der Waals surface area (Å²) in [6.45, 7) is 1.66. The minimum Gasteiger partial charge on any atom is -0.496 e. The molecule has 0 bridgehead atoms.